The number of nitrogens with one attached hydrogen (secondary N) is 1. The largest absolute Gasteiger partial charge is 0.329 e. The molecule has 2 rings (SSSR count). The highest BCUT2D eigenvalue weighted by atomic mass is 32.2. The van der Waals surface area contributed by atoms with Crippen molar-refractivity contribution in [2.75, 3.05) is 18.1 Å². The molecule has 1 atom stereocenters. The number of hydrogen-bond donors (Lipinski definition) is 2. The predicted molar refractivity (Wildman–Crippen MR) is 54.5 cm³/mol. The molecule has 3 N–H and O–H groups in total. The van der Waals surface area contributed by atoms with Crippen LogP contribution >= 0.6 is 11.8 Å². The van der Waals surface area contributed by atoms with Crippen molar-refractivity contribution in [3.8, 4) is 0 Å². The van der Waals surface area contributed by atoms with Gasteiger partial charge in [-0.25, -0.2) is 0 Å². The molecule has 12 heavy (non-hydrogen) atoms. The summed E-state index contributed by atoms with van der Waals surface area (Å²) >= 11 is 2.04. The molecule has 1 saturated carbocycles. The number of rotatable bonds is 3. The monoisotopic (exact) mass is 186 g/mol. The fraction of sp³-hybridized carbons (Fsp3) is 1.00. The van der Waals surface area contributed by atoms with E-state index in [-0.39, 0.29) is 0 Å². The SMILES string of the molecule is NCC1(NC2CCC2)CCSC1. The average molecular weight is 186 g/mol. The molecule has 1 aliphatic carbocycles. The summed E-state index contributed by atoms with van der Waals surface area (Å²) in [6, 6.07) is 0.784. The summed E-state index contributed by atoms with van der Waals surface area (Å²) in [5.74, 6) is 2.51. The third-order valence-electron chi connectivity index (χ3n) is 3.11. The van der Waals surface area contributed by atoms with Crippen molar-refractivity contribution in [2.24, 2.45) is 5.73 Å². The molecule has 2 aliphatic rings. The van der Waals surface area contributed by atoms with Gasteiger partial charge in [0.1, 0.15) is 0 Å². The molecule has 0 aromatic rings. The van der Waals surface area contributed by atoms with Gasteiger partial charge in [0.15, 0.2) is 0 Å². The first kappa shape index (κ1) is 8.85. The van der Waals surface area contributed by atoms with Crippen LogP contribution in [0.2, 0.25) is 0 Å². The number of thioether (sulfide) groups is 1. The maximum absolute atomic E-state index is 5.82. The second-order valence-electron chi connectivity index (χ2n) is 4.06. The lowest BCUT2D eigenvalue weighted by Gasteiger charge is -2.37. The topological polar surface area (TPSA) is 38.0 Å². The quantitative estimate of drug-likeness (QED) is 0.689. The Morgan fingerprint density at radius 2 is 2.33 bits per heavy atom. The Hall–Kier alpha value is 0.270. The van der Waals surface area contributed by atoms with Gasteiger partial charge in [-0.15, -0.1) is 0 Å². The normalized spacial score (nSPS) is 36.8. The Balaban J connectivity index is 1.87. The molecule has 1 aliphatic heterocycles. The van der Waals surface area contributed by atoms with Gasteiger partial charge in [0.25, 0.3) is 0 Å². The van der Waals surface area contributed by atoms with E-state index in [1.165, 1.54) is 37.2 Å². The lowest BCUT2D eigenvalue weighted by Crippen LogP contribution is -2.57. The Labute approximate surface area is 78.7 Å². The summed E-state index contributed by atoms with van der Waals surface area (Å²) in [7, 11) is 0. The van der Waals surface area contributed by atoms with Crippen LogP contribution in [0.4, 0.5) is 0 Å². The van der Waals surface area contributed by atoms with Gasteiger partial charge in [-0.05, 0) is 25.0 Å². The fourth-order valence-electron chi connectivity index (χ4n) is 1.93. The molecule has 70 valence electrons. The van der Waals surface area contributed by atoms with Crippen LogP contribution in [0.5, 0.6) is 0 Å². The fourth-order valence-corrected chi connectivity index (χ4v) is 3.34. The molecule has 1 unspecified atom stereocenters. The van der Waals surface area contributed by atoms with Crippen LogP contribution in [0.1, 0.15) is 25.7 Å². The van der Waals surface area contributed by atoms with E-state index in [0.29, 0.717) is 5.54 Å². The van der Waals surface area contributed by atoms with E-state index >= 15 is 0 Å². The summed E-state index contributed by atoms with van der Waals surface area (Å²) in [5, 5.41) is 3.73. The maximum atomic E-state index is 5.82. The van der Waals surface area contributed by atoms with Gasteiger partial charge in [-0.2, -0.15) is 11.8 Å². The minimum Gasteiger partial charge on any atom is -0.329 e. The molecule has 2 fully saturated rings. The Bertz CT molecular complexity index is 151. The van der Waals surface area contributed by atoms with Crippen molar-refractivity contribution in [1.82, 2.24) is 5.32 Å². The smallest absolute Gasteiger partial charge is 0.0405 e. The van der Waals surface area contributed by atoms with Crippen molar-refractivity contribution in [3.63, 3.8) is 0 Å². The molecule has 3 heteroatoms. The molecule has 0 spiro atoms. The minimum absolute atomic E-state index is 0.301. The Morgan fingerprint density at radius 3 is 2.75 bits per heavy atom. The predicted octanol–water partition coefficient (Wildman–Crippen LogP) is 0.963. The van der Waals surface area contributed by atoms with Crippen molar-refractivity contribution in [1.29, 1.82) is 0 Å². The lowest BCUT2D eigenvalue weighted by molar-refractivity contribution is 0.247. The van der Waals surface area contributed by atoms with Crippen molar-refractivity contribution in [2.45, 2.75) is 37.3 Å². The van der Waals surface area contributed by atoms with Gasteiger partial charge < -0.3 is 11.1 Å². The van der Waals surface area contributed by atoms with Crippen LogP contribution < -0.4 is 11.1 Å². The van der Waals surface area contributed by atoms with Crippen molar-refractivity contribution >= 4 is 11.8 Å². The summed E-state index contributed by atoms with van der Waals surface area (Å²) < 4.78 is 0. The Morgan fingerprint density at radius 1 is 1.50 bits per heavy atom. The summed E-state index contributed by atoms with van der Waals surface area (Å²) in [6.45, 7) is 0.816. The molecular weight excluding hydrogens is 168 g/mol. The van der Waals surface area contributed by atoms with Gasteiger partial charge in [-0.3, -0.25) is 0 Å². The van der Waals surface area contributed by atoms with Crippen LogP contribution in [0.25, 0.3) is 0 Å². The van der Waals surface area contributed by atoms with Crippen molar-refractivity contribution in [3.05, 3.63) is 0 Å². The molecule has 0 radical (unpaired) electrons. The third-order valence-corrected chi connectivity index (χ3v) is 4.36. The van der Waals surface area contributed by atoms with Crippen LogP contribution in [-0.2, 0) is 0 Å². The second kappa shape index (κ2) is 3.56. The van der Waals surface area contributed by atoms with Gasteiger partial charge in [0, 0.05) is 23.9 Å². The molecule has 1 saturated heterocycles. The van der Waals surface area contributed by atoms with E-state index < -0.39 is 0 Å². The first-order valence-corrected chi connectivity index (χ1v) is 6.06. The summed E-state index contributed by atoms with van der Waals surface area (Å²) in [6.07, 6.45) is 5.41. The standard InChI is InChI=1S/C9H18N2S/c10-6-9(4-5-12-7-9)11-8-2-1-3-8/h8,11H,1-7,10H2. The lowest BCUT2D eigenvalue weighted by atomic mass is 9.88. The van der Waals surface area contributed by atoms with E-state index in [2.05, 4.69) is 5.32 Å². The molecule has 0 aromatic carbocycles. The maximum Gasteiger partial charge on any atom is 0.0405 e. The zero-order chi connectivity index (χ0) is 8.44. The molecule has 0 bridgehead atoms. The third kappa shape index (κ3) is 1.63. The molecule has 1 heterocycles. The van der Waals surface area contributed by atoms with E-state index in [1.54, 1.807) is 0 Å². The molecule has 0 aromatic heterocycles. The zero-order valence-corrected chi connectivity index (χ0v) is 8.33. The average Bonchev–Trinajstić information content (AvgIpc) is 2.46. The highest BCUT2D eigenvalue weighted by Gasteiger charge is 2.35. The van der Waals surface area contributed by atoms with Gasteiger partial charge in [0.2, 0.25) is 0 Å². The number of nitrogens with two attached hydrogens (primary N) is 1. The summed E-state index contributed by atoms with van der Waals surface area (Å²) in [5.41, 5.74) is 6.12. The van der Waals surface area contributed by atoms with E-state index in [1.807, 2.05) is 11.8 Å². The molecule has 0 amide bonds. The summed E-state index contributed by atoms with van der Waals surface area (Å²) in [4.78, 5) is 0. The minimum atomic E-state index is 0.301. The molecular formula is C9H18N2S. The Kier molecular flexibility index (Phi) is 2.63. The molecule has 2 nitrogen and oxygen atoms in total. The van der Waals surface area contributed by atoms with Gasteiger partial charge in [-0.1, -0.05) is 6.42 Å². The van der Waals surface area contributed by atoms with Crippen LogP contribution in [-0.4, -0.2) is 29.6 Å². The number of hydrogen-bond acceptors (Lipinski definition) is 3. The van der Waals surface area contributed by atoms with E-state index in [0.717, 1.165) is 12.6 Å². The van der Waals surface area contributed by atoms with Crippen molar-refractivity contribution < 1.29 is 0 Å². The highest BCUT2D eigenvalue weighted by molar-refractivity contribution is 7.99. The zero-order valence-electron chi connectivity index (χ0n) is 7.51. The van der Waals surface area contributed by atoms with Crippen LogP contribution in [0, 0.1) is 0 Å². The highest BCUT2D eigenvalue weighted by Crippen LogP contribution is 2.30. The van der Waals surface area contributed by atoms with E-state index in [9.17, 15) is 0 Å². The van der Waals surface area contributed by atoms with Crippen LogP contribution in [0.3, 0.4) is 0 Å². The van der Waals surface area contributed by atoms with Crippen LogP contribution in [0.15, 0.2) is 0 Å². The van der Waals surface area contributed by atoms with Gasteiger partial charge >= 0.3 is 0 Å². The van der Waals surface area contributed by atoms with E-state index in [4.69, 9.17) is 5.73 Å². The first-order chi connectivity index (χ1) is 5.85. The van der Waals surface area contributed by atoms with Gasteiger partial charge in [0.05, 0.1) is 0 Å². The first-order valence-electron chi connectivity index (χ1n) is 4.90. The second-order valence-corrected chi connectivity index (χ2v) is 5.16.